The van der Waals surface area contributed by atoms with Gasteiger partial charge in [-0.1, -0.05) is 18.2 Å². The number of rotatable bonds is 7. The van der Waals surface area contributed by atoms with Gasteiger partial charge >= 0.3 is 0 Å². The van der Waals surface area contributed by atoms with Crippen molar-refractivity contribution in [3.63, 3.8) is 0 Å². The van der Waals surface area contributed by atoms with Crippen molar-refractivity contribution in [3.8, 4) is 0 Å². The number of aryl methyl sites for hydroxylation is 2. The molecule has 0 bridgehead atoms. The Hall–Kier alpha value is -3.49. The molecule has 0 aliphatic carbocycles. The summed E-state index contributed by atoms with van der Waals surface area (Å²) in [4.78, 5) is 26.3. The van der Waals surface area contributed by atoms with Gasteiger partial charge in [0.05, 0.1) is 24.0 Å². The van der Waals surface area contributed by atoms with Crippen molar-refractivity contribution in [1.29, 1.82) is 0 Å². The van der Waals surface area contributed by atoms with E-state index in [9.17, 15) is 14.0 Å². The smallest absolute Gasteiger partial charge is 0.244 e. The first-order valence-electron chi connectivity index (χ1n) is 9.53. The van der Waals surface area contributed by atoms with Crippen molar-refractivity contribution in [1.82, 2.24) is 24.5 Å². The van der Waals surface area contributed by atoms with E-state index in [4.69, 9.17) is 0 Å². The summed E-state index contributed by atoms with van der Waals surface area (Å²) in [6.07, 6.45) is 2.96. The summed E-state index contributed by atoms with van der Waals surface area (Å²) in [5.41, 5.74) is 3.71. The SMILES string of the molecule is Cc1nn(C)c(C)c1CN(C)C(=O)Cn1cc(NC(=O)Cc2ccccc2F)cn1. The molecule has 0 aliphatic heterocycles. The number of nitrogens with one attached hydrogen (secondary N) is 1. The molecule has 1 N–H and O–H groups in total. The number of nitrogens with zero attached hydrogens (tertiary/aromatic N) is 5. The molecule has 30 heavy (non-hydrogen) atoms. The normalized spacial score (nSPS) is 10.8. The minimum Gasteiger partial charge on any atom is -0.340 e. The third-order valence-electron chi connectivity index (χ3n) is 5.00. The summed E-state index contributed by atoms with van der Waals surface area (Å²) in [6, 6.07) is 6.14. The molecule has 8 nitrogen and oxygen atoms in total. The van der Waals surface area contributed by atoms with E-state index in [0.717, 1.165) is 17.0 Å². The fourth-order valence-corrected chi connectivity index (χ4v) is 3.17. The lowest BCUT2D eigenvalue weighted by atomic mass is 10.1. The summed E-state index contributed by atoms with van der Waals surface area (Å²) < 4.78 is 16.9. The monoisotopic (exact) mass is 412 g/mol. The number of likely N-dealkylation sites (N-methyl/N-ethyl adjacent to an activating group) is 1. The van der Waals surface area contributed by atoms with Crippen LogP contribution in [0.1, 0.15) is 22.5 Å². The van der Waals surface area contributed by atoms with E-state index in [-0.39, 0.29) is 24.8 Å². The summed E-state index contributed by atoms with van der Waals surface area (Å²) in [5, 5.41) is 11.2. The van der Waals surface area contributed by atoms with Crippen LogP contribution in [0.25, 0.3) is 0 Å². The van der Waals surface area contributed by atoms with Gasteiger partial charge in [0.1, 0.15) is 12.4 Å². The maximum absolute atomic E-state index is 13.7. The molecule has 0 spiro atoms. The van der Waals surface area contributed by atoms with Crippen molar-refractivity contribution in [2.24, 2.45) is 7.05 Å². The van der Waals surface area contributed by atoms with E-state index in [1.165, 1.54) is 16.9 Å². The van der Waals surface area contributed by atoms with E-state index in [0.29, 0.717) is 17.8 Å². The predicted octanol–water partition coefficient (Wildman–Crippen LogP) is 2.21. The van der Waals surface area contributed by atoms with Gasteiger partial charge in [0.15, 0.2) is 0 Å². The van der Waals surface area contributed by atoms with Crippen molar-refractivity contribution in [2.45, 2.75) is 33.4 Å². The Bertz CT molecular complexity index is 1070. The highest BCUT2D eigenvalue weighted by Gasteiger charge is 2.16. The second-order valence-electron chi connectivity index (χ2n) is 7.27. The molecule has 2 aromatic heterocycles. The molecule has 3 rings (SSSR count). The summed E-state index contributed by atoms with van der Waals surface area (Å²) in [5.74, 6) is -0.897. The van der Waals surface area contributed by atoms with E-state index in [2.05, 4.69) is 15.5 Å². The second kappa shape index (κ2) is 8.89. The van der Waals surface area contributed by atoms with Gasteiger partial charge in [0.2, 0.25) is 11.8 Å². The van der Waals surface area contributed by atoms with Gasteiger partial charge in [-0.2, -0.15) is 10.2 Å². The number of aromatic nitrogens is 4. The average Bonchev–Trinajstić information content (AvgIpc) is 3.22. The first-order valence-corrected chi connectivity index (χ1v) is 9.53. The van der Waals surface area contributed by atoms with Gasteiger partial charge in [-0.05, 0) is 25.5 Å². The average molecular weight is 412 g/mol. The number of amides is 2. The predicted molar refractivity (Wildman–Crippen MR) is 110 cm³/mol. The number of carbonyl (C=O) groups excluding carboxylic acids is 2. The third-order valence-corrected chi connectivity index (χ3v) is 5.00. The lowest BCUT2D eigenvalue weighted by Crippen LogP contribution is -2.30. The molecule has 2 heterocycles. The summed E-state index contributed by atoms with van der Waals surface area (Å²) in [6.45, 7) is 4.39. The van der Waals surface area contributed by atoms with Crippen LogP contribution in [0.3, 0.4) is 0 Å². The summed E-state index contributed by atoms with van der Waals surface area (Å²) >= 11 is 0. The standard InChI is InChI=1S/C21H25FN6O2/c1-14-18(15(2)27(4)25-14)12-26(3)21(30)13-28-11-17(10-23-28)24-20(29)9-16-7-5-6-8-19(16)22/h5-8,10-11H,9,12-13H2,1-4H3,(H,24,29). The molecule has 0 radical (unpaired) electrons. The first-order chi connectivity index (χ1) is 14.2. The topological polar surface area (TPSA) is 85.0 Å². The zero-order chi connectivity index (χ0) is 21.8. The molecule has 9 heteroatoms. The number of hydrogen-bond acceptors (Lipinski definition) is 4. The van der Waals surface area contributed by atoms with Gasteiger partial charge in [0.25, 0.3) is 0 Å². The van der Waals surface area contributed by atoms with Crippen molar-refractivity contribution in [3.05, 3.63) is 65.0 Å². The molecule has 0 atom stereocenters. The van der Waals surface area contributed by atoms with Crippen LogP contribution in [0.2, 0.25) is 0 Å². The van der Waals surface area contributed by atoms with Crippen molar-refractivity contribution >= 4 is 17.5 Å². The second-order valence-corrected chi connectivity index (χ2v) is 7.27. The largest absolute Gasteiger partial charge is 0.340 e. The molecule has 158 valence electrons. The van der Waals surface area contributed by atoms with Crippen LogP contribution in [0.5, 0.6) is 0 Å². The van der Waals surface area contributed by atoms with E-state index in [1.54, 1.807) is 41.0 Å². The number of carbonyl (C=O) groups is 2. The Balaban J connectivity index is 1.56. The van der Waals surface area contributed by atoms with Crippen LogP contribution in [-0.4, -0.2) is 43.3 Å². The van der Waals surface area contributed by atoms with Gasteiger partial charge < -0.3 is 10.2 Å². The minimum absolute atomic E-state index is 0.0397. The van der Waals surface area contributed by atoms with Crippen LogP contribution in [0.15, 0.2) is 36.7 Å². The number of benzene rings is 1. The number of halogens is 1. The molecule has 1 aromatic carbocycles. The maximum Gasteiger partial charge on any atom is 0.244 e. The van der Waals surface area contributed by atoms with Gasteiger partial charge in [-0.15, -0.1) is 0 Å². The molecule has 0 unspecified atom stereocenters. The fraction of sp³-hybridized carbons (Fsp3) is 0.333. The molecular formula is C21H25FN6O2. The van der Waals surface area contributed by atoms with Crippen molar-refractivity contribution < 1.29 is 14.0 Å². The molecule has 2 amide bonds. The molecule has 0 saturated carbocycles. The Labute approximate surface area is 174 Å². The van der Waals surface area contributed by atoms with E-state index < -0.39 is 5.82 Å². The quantitative estimate of drug-likeness (QED) is 0.645. The number of anilines is 1. The first kappa shape index (κ1) is 21.2. The Kier molecular flexibility index (Phi) is 6.29. The lowest BCUT2D eigenvalue weighted by molar-refractivity contribution is -0.131. The van der Waals surface area contributed by atoms with Gasteiger partial charge in [-0.3, -0.25) is 19.0 Å². The lowest BCUT2D eigenvalue weighted by Gasteiger charge is -2.17. The van der Waals surface area contributed by atoms with Gasteiger partial charge in [-0.25, -0.2) is 4.39 Å². The van der Waals surface area contributed by atoms with Crippen LogP contribution >= 0.6 is 0 Å². The zero-order valence-corrected chi connectivity index (χ0v) is 17.5. The highest BCUT2D eigenvalue weighted by molar-refractivity contribution is 5.92. The fourth-order valence-electron chi connectivity index (χ4n) is 3.17. The Morgan fingerprint density at radius 1 is 1.23 bits per heavy atom. The molecule has 0 fully saturated rings. The molecule has 0 aliphatic rings. The highest BCUT2D eigenvalue weighted by Crippen LogP contribution is 2.15. The molecular weight excluding hydrogens is 387 g/mol. The van der Waals surface area contributed by atoms with Gasteiger partial charge in [0, 0.05) is 38.1 Å². The van der Waals surface area contributed by atoms with E-state index >= 15 is 0 Å². The highest BCUT2D eigenvalue weighted by atomic mass is 19.1. The van der Waals surface area contributed by atoms with E-state index in [1.807, 2.05) is 20.9 Å². The minimum atomic E-state index is -0.420. The Morgan fingerprint density at radius 3 is 2.63 bits per heavy atom. The van der Waals surface area contributed by atoms with Crippen LogP contribution in [0, 0.1) is 19.7 Å². The zero-order valence-electron chi connectivity index (χ0n) is 17.5. The third kappa shape index (κ3) is 4.91. The maximum atomic E-state index is 13.7. The van der Waals surface area contributed by atoms with Crippen molar-refractivity contribution in [2.75, 3.05) is 12.4 Å². The molecule has 3 aromatic rings. The van der Waals surface area contributed by atoms with Crippen LogP contribution in [0.4, 0.5) is 10.1 Å². The summed E-state index contributed by atoms with van der Waals surface area (Å²) in [7, 11) is 3.61. The number of hydrogen-bond donors (Lipinski definition) is 1. The van der Waals surface area contributed by atoms with Crippen LogP contribution in [-0.2, 0) is 36.1 Å². The Morgan fingerprint density at radius 2 is 1.97 bits per heavy atom. The molecule has 0 saturated heterocycles. The van der Waals surface area contributed by atoms with Crippen LogP contribution < -0.4 is 5.32 Å².